The third kappa shape index (κ3) is 3.89. The predicted octanol–water partition coefficient (Wildman–Crippen LogP) is 2.51. The number of carbonyl (C=O) groups excluding carboxylic acids is 1. The Morgan fingerprint density at radius 2 is 2.06 bits per heavy atom. The molecule has 0 aliphatic rings. The average Bonchev–Trinajstić information content (AvgIpc) is 2.26. The second kappa shape index (κ2) is 6.06. The van der Waals surface area contributed by atoms with Crippen LogP contribution in [-0.4, -0.2) is 37.3 Å². The Bertz CT molecular complexity index is 423. The summed E-state index contributed by atoms with van der Waals surface area (Å²) in [6, 6.07) is 4.22. The first-order valence-electron chi connectivity index (χ1n) is 5.05. The van der Waals surface area contributed by atoms with Crippen molar-refractivity contribution < 1.29 is 23.1 Å². The SMILES string of the molecule is O=Cc1c(Cl)cccc1N(CCO)CC(F)(F)F. The Morgan fingerprint density at radius 1 is 1.39 bits per heavy atom. The van der Waals surface area contributed by atoms with Gasteiger partial charge in [-0.2, -0.15) is 13.2 Å². The van der Waals surface area contributed by atoms with Gasteiger partial charge in [-0.05, 0) is 12.1 Å². The van der Waals surface area contributed by atoms with Gasteiger partial charge in [-0.1, -0.05) is 17.7 Å². The summed E-state index contributed by atoms with van der Waals surface area (Å²) in [5.41, 5.74) is 0.0424. The van der Waals surface area contributed by atoms with Crippen molar-refractivity contribution in [3.63, 3.8) is 0 Å². The Kier molecular flexibility index (Phi) is 4.98. The lowest BCUT2D eigenvalue weighted by Gasteiger charge is -2.26. The highest BCUT2D eigenvalue weighted by Gasteiger charge is 2.31. The minimum atomic E-state index is -4.43. The molecule has 0 spiro atoms. The molecule has 100 valence electrons. The number of aliphatic hydroxyl groups excluding tert-OH is 1. The summed E-state index contributed by atoms with van der Waals surface area (Å²) in [5, 5.41) is 8.87. The maximum atomic E-state index is 12.4. The maximum absolute atomic E-state index is 12.4. The molecule has 0 atom stereocenters. The van der Waals surface area contributed by atoms with Crippen LogP contribution in [0.1, 0.15) is 10.4 Å². The zero-order chi connectivity index (χ0) is 13.8. The first-order valence-corrected chi connectivity index (χ1v) is 5.43. The third-order valence-electron chi connectivity index (χ3n) is 2.23. The normalized spacial score (nSPS) is 11.4. The van der Waals surface area contributed by atoms with Gasteiger partial charge in [0.05, 0.1) is 17.2 Å². The highest BCUT2D eigenvalue weighted by atomic mass is 35.5. The van der Waals surface area contributed by atoms with Crippen molar-refractivity contribution >= 4 is 23.6 Å². The van der Waals surface area contributed by atoms with Crippen molar-refractivity contribution in [3.05, 3.63) is 28.8 Å². The molecule has 1 aromatic carbocycles. The standard InChI is InChI=1S/C11H11ClF3NO2/c12-9-2-1-3-10(8(9)6-18)16(4-5-17)7-11(13,14)15/h1-3,6,17H,4-5,7H2. The van der Waals surface area contributed by atoms with Crippen molar-refractivity contribution in [2.75, 3.05) is 24.6 Å². The molecule has 1 rings (SSSR count). The molecule has 0 saturated heterocycles. The molecule has 0 radical (unpaired) electrons. The van der Waals surface area contributed by atoms with Crippen LogP contribution in [0.4, 0.5) is 18.9 Å². The summed E-state index contributed by atoms with van der Waals surface area (Å²) < 4.78 is 37.2. The van der Waals surface area contributed by atoms with Crippen molar-refractivity contribution in [2.24, 2.45) is 0 Å². The topological polar surface area (TPSA) is 40.5 Å². The fourth-order valence-electron chi connectivity index (χ4n) is 1.54. The minimum Gasteiger partial charge on any atom is -0.395 e. The molecule has 0 aliphatic carbocycles. The first kappa shape index (κ1) is 14.8. The van der Waals surface area contributed by atoms with Crippen molar-refractivity contribution in [3.8, 4) is 0 Å². The van der Waals surface area contributed by atoms with Gasteiger partial charge in [0.25, 0.3) is 0 Å². The van der Waals surface area contributed by atoms with E-state index in [1.165, 1.54) is 18.2 Å². The van der Waals surface area contributed by atoms with Gasteiger partial charge in [0, 0.05) is 12.2 Å². The average molecular weight is 282 g/mol. The van der Waals surface area contributed by atoms with E-state index in [0.29, 0.717) is 6.29 Å². The molecule has 0 heterocycles. The number of anilines is 1. The molecule has 0 aliphatic heterocycles. The summed E-state index contributed by atoms with van der Waals surface area (Å²) >= 11 is 5.74. The van der Waals surface area contributed by atoms with Crippen LogP contribution in [0.5, 0.6) is 0 Å². The van der Waals surface area contributed by atoms with E-state index < -0.39 is 19.3 Å². The van der Waals surface area contributed by atoms with Crippen molar-refractivity contribution in [1.29, 1.82) is 0 Å². The third-order valence-corrected chi connectivity index (χ3v) is 2.56. The van der Waals surface area contributed by atoms with E-state index >= 15 is 0 Å². The molecular weight excluding hydrogens is 271 g/mol. The first-order chi connectivity index (χ1) is 8.39. The fourth-order valence-corrected chi connectivity index (χ4v) is 1.75. The number of aldehydes is 1. The van der Waals surface area contributed by atoms with Gasteiger partial charge in [0.1, 0.15) is 6.54 Å². The lowest BCUT2D eigenvalue weighted by molar-refractivity contribution is -0.119. The van der Waals surface area contributed by atoms with Crippen LogP contribution in [0.25, 0.3) is 0 Å². The zero-order valence-corrected chi connectivity index (χ0v) is 10.0. The highest BCUT2D eigenvalue weighted by Crippen LogP contribution is 2.28. The molecule has 18 heavy (non-hydrogen) atoms. The van der Waals surface area contributed by atoms with Gasteiger partial charge in [0.15, 0.2) is 6.29 Å². The molecule has 0 saturated carbocycles. The quantitative estimate of drug-likeness (QED) is 0.843. The second-order valence-corrected chi connectivity index (χ2v) is 3.96. The minimum absolute atomic E-state index is 0.0168. The number of aliphatic hydroxyl groups is 1. The van der Waals surface area contributed by atoms with Gasteiger partial charge in [-0.25, -0.2) is 0 Å². The monoisotopic (exact) mass is 281 g/mol. The molecular formula is C11H11ClF3NO2. The van der Waals surface area contributed by atoms with Crippen molar-refractivity contribution in [2.45, 2.75) is 6.18 Å². The number of alkyl halides is 3. The maximum Gasteiger partial charge on any atom is 0.405 e. The van der Waals surface area contributed by atoms with Crippen LogP contribution >= 0.6 is 11.6 Å². The molecule has 7 heteroatoms. The summed E-state index contributed by atoms with van der Waals surface area (Å²) in [6.45, 7) is -1.95. The molecule has 0 fully saturated rings. The van der Waals surface area contributed by atoms with E-state index in [4.69, 9.17) is 16.7 Å². The number of hydrogen-bond acceptors (Lipinski definition) is 3. The van der Waals surface area contributed by atoms with Crippen molar-refractivity contribution in [1.82, 2.24) is 0 Å². The molecule has 1 N–H and O–H groups in total. The number of hydrogen-bond donors (Lipinski definition) is 1. The van der Waals surface area contributed by atoms with Gasteiger partial charge in [-0.15, -0.1) is 0 Å². The van der Waals surface area contributed by atoms with Crippen LogP contribution in [0.15, 0.2) is 18.2 Å². The second-order valence-electron chi connectivity index (χ2n) is 3.55. The smallest absolute Gasteiger partial charge is 0.395 e. The molecule has 3 nitrogen and oxygen atoms in total. The number of halogens is 4. The molecule has 0 unspecified atom stereocenters. The predicted molar refractivity (Wildman–Crippen MR) is 62.2 cm³/mol. The Balaban J connectivity index is 3.13. The number of nitrogens with zero attached hydrogens (tertiary/aromatic N) is 1. The van der Waals surface area contributed by atoms with E-state index in [-0.39, 0.29) is 22.8 Å². The Hall–Kier alpha value is -1.27. The fraction of sp³-hybridized carbons (Fsp3) is 0.364. The number of rotatable bonds is 5. The van der Waals surface area contributed by atoms with Gasteiger partial charge >= 0.3 is 6.18 Å². The van der Waals surface area contributed by atoms with E-state index in [2.05, 4.69) is 0 Å². The molecule has 1 aromatic rings. The summed E-state index contributed by atoms with van der Waals surface area (Å²) in [4.78, 5) is 11.7. The molecule has 0 aromatic heterocycles. The summed E-state index contributed by atoms with van der Waals surface area (Å²) in [7, 11) is 0. The van der Waals surface area contributed by atoms with Crippen LogP contribution in [-0.2, 0) is 0 Å². The largest absolute Gasteiger partial charge is 0.405 e. The Labute approximate surface area is 107 Å². The van der Waals surface area contributed by atoms with Crippen LogP contribution in [0, 0.1) is 0 Å². The summed E-state index contributed by atoms with van der Waals surface area (Å²) in [6.07, 6.45) is -4.03. The van der Waals surface area contributed by atoms with E-state index in [1.54, 1.807) is 0 Å². The van der Waals surface area contributed by atoms with Gasteiger partial charge < -0.3 is 10.0 Å². The van der Waals surface area contributed by atoms with Gasteiger partial charge in [-0.3, -0.25) is 4.79 Å². The molecule has 0 bridgehead atoms. The highest BCUT2D eigenvalue weighted by molar-refractivity contribution is 6.33. The van der Waals surface area contributed by atoms with Crippen LogP contribution in [0.3, 0.4) is 0 Å². The Morgan fingerprint density at radius 3 is 2.56 bits per heavy atom. The number of benzene rings is 1. The van der Waals surface area contributed by atoms with E-state index in [0.717, 1.165) is 4.90 Å². The zero-order valence-electron chi connectivity index (χ0n) is 9.25. The molecule has 0 amide bonds. The number of carbonyl (C=O) groups is 1. The lowest BCUT2D eigenvalue weighted by Crippen LogP contribution is -2.36. The van der Waals surface area contributed by atoms with Crippen LogP contribution in [0.2, 0.25) is 5.02 Å². The van der Waals surface area contributed by atoms with Crippen LogP contribution < -0.4 is 4.90 Å². The van der Waals surface area contributed by atoms with E-state index in [1.807, 2.05) is 0 Å². The van der Waals surface area contributed by atoms with Gasteiger partial charge in [0.2, 0.25) is 0 Å². The summed E-state index contributed by atoms with van der Waals surface area (Å²) in [5.74, 6) is 0. The van der Waals surface area contributed by atoms with E-state index in [9.17, 15) is 18.0 Å². The lowest BCUT2D eigenvalue weighted by atomic mass is 10.1.